The van der Waals surface area contributed by atoms with Crippen molar-refractivity contribution in [1.82, 2.24) is 15.1 Å². The molecule has 1 aromatic heterocycles. The number of likely N-dealkylation sites (tertiary alicyclic amines) is 1. The first-order chi connectivity index (χ1) is 11.4. The molecule has 0 saturated carbocycles. The molecule has 1 saturated heterocycles. The average molecular weight is 306 g/mol. The van der Waals surface area contributed by atoms with E-state index in [4.69, 9.17) is 0 Å². The molecule has 1 fully saturated rings. The predicted molar refractivity (Wildman–Crippen MR) is 94.5 cm³/mol. The van der Waals surface area contributed by atoms with Gasteiger partial charge in [0, 0.05) is 36.7 Å². The lowest BCUT2D eigenvalue weighted by atomic mass is 10.0. The molecule has 3 aromatic rings. The van der Waals surface area contributed by atoms with Crippen LogP contribution >= 0.6 is 0 Å². The SMILES string of the molecule is c1ccc(CN2CCC(Nc3ccc4cn[nH]c4c3)CC2)cc1. The Morgan fingerprint density at radius 3 is 2.74 bits per heavy atom. The standard InChI is InChI=1S/C19H22N4/c1-2-4-15(5-3-1)14-23-10-8-17(9-11-23)21-18-7-6-16-13-20-22-19(16)12-18/h1-7,12-13,17,21H,8-11,14H2,(H,20,22). The van der Waals surface area contributed by atoms with Crippen LogP contribution in [0, 0.1) is 0 Å². The first kappa shape index (κ1) is 14.3. The highest BCUT2D eigenvalue weighted by Gasteiger charge is 2.19. The van der Waals surface area contributed by atoms with Crippen molar-refractivity contribution in [3.05, 3.63) is 60.3 Å². The number of anilines is 1. The second-order valence-corrected chi connectivity index (χ2v) is 6.35. The monoisotopic (exact) mass is 306 g/mol. The van der Waals surface area contributed by atoms with E-state index in [1.807, 2.05) is 6.20 Å². The molecule has 0 radical (unpaired) electrons. The summed E-state index contributed by atoms with van der Waals surface area (Å²) in [6.45, 7) is 3.37. The van der Waals surface area contributed by atoms with Crippen molar-refractivity contribution in [2.75, 3.05) is 18.4 Å². The van der Waals surface area contributed by atoms with E-state index in [9.17, 15) is 0 Å². The smallest absolute Gasteiger partial charge is 0.0670 e. The Morgan fingerprint density at radius 1 is 1.09 bits per heavy atom. The van der Waals surface area contributed by atoms with Gasteiger partial charge in [-0.2, -0.15) is 5.10 Å². The van der Waals surface area contributed by atoms with E-state index in [1.165, 1.54) is 24.1 Å². The lowest BCUT2D eigenvalue weighted by molar-refractivity contribution is 0.211. The normalized spacial score (nSPS) is 16.7. The van der Waals surface area contributed by atoms with Crippen molar-refractivity contribution < 1.29 is 0 Å². The number of nitrogens with zero attached hydrogens (tertiary/aromatic N) is 2. The molecule has 2 aromatic carbocycles. The molecule has 0 amide bonds. The third-order valence-electron chi connectivity index (χ3n) is 4.65. The van der Waals surface area contributed by atoms with Gasteiger partial charge in [0.2, 0.25) is 0 Å². The Kier molecular flexibility index (Phi) is 3.99. The van der Waals surface area contributed by atoms with Gasteiger partial charge < -0.3 is 5.32 Å². The van der Waals surface area contributed by atoms with E-state index in [-0.39, 0.29) is 0 Å². The first-order valence-electron chi connectivity index (χ1n) is 8.33. The highest BCUT2D eigenvalue weighted by molar-refractivity contribution is 5.81. The van der Waals surface area contributed by atoms with Crippen LogP contribution in [0.4, 0.5) is 5.69 Å². The molecule has 0 unspecified atom stereocenters. The zero-order valence-corrected chi connectivity index (χ0v) is 13.2. The maximum absolute atomic E-state index is 4.08. The van der Waals surface area contributed by atoms with Crippen LogP contribution in [-0.2, 0) is 6.54 Å². The minimum absolute atomic E-state index is 0.558. The summed E-state index contributed by atoms with van der Waals surface area (Å²) in [5, 5.41) is 11.9. The van der Waals surface area contributed by atoms with Crippen LogP contribution in [0.25, 0.3) is 10.9 Å². The Morgan fingerprint density at radius 2 is 1.91 bits per heavy atom. The summed E-state index contributed by atoms with van der Waals surface area (Å²) >= 11 is 0. The largest absolute Gasteiger partial charge is 0.382 e. The summed E-state index contributed by atoms with van der Waals surface area (Å²) in [6, 6.07) is 17.7. The molecule has 2 heterocycles. The molecule has 4 rings (SSSR count). The third kappa shape index (κ3) is 3.37. The fourth-order valence-corrected chi connectivity index (χ4v) is 3.34. The number of rotatable bonds is 4. The predicted octanol–water partition coefficient (Wildman–Crippen LogP) is 3.64. The van der Waals surface area contributed by atoms with Crippen molar-refractivity contribution in [3.63, 3.8) is 0 Å². The van der Waals surface area contributed by atoms with Crippen molar-refractivity contribution in [1.29, 1.82) is 0 Å². The lowest BCUT2D eigenvalue weighted by Crippen LogP contribution is -2.38. The maximum atomic E-state index is 4.08. The van der Waals surface area contributed by atoms with Gasteiger partial charge in [0.25, 0.3) is 0 Å². The summed E-state index contributed by atoms with van der Waals surface area (Å²) in [5.74, 6) is 0. The molecule has 0 spiro atoms. The van der Waals surface area contributed by atoms with E-state index in [1.54, 1.807) is 0 Å². The van der Waals surface area contributed by atoms with Crippen LogP contribution < -0.4 is 5.32 Å². The van der Waals surface area contributed by atoms with Gasteiger partial charge in [0.05, 0.1) is 11.7 Å². The zero-order chi connectivity index (χ0) is 15.5. The number of aromatic amines is 1. The molecule has 0 aliphatic carbocycles. The lowest BCUT2D eigenvalue weighted by Gasteiger charge is -2.32. The van der Waals surface area contributed by atoms with Gasteiger partial charge in [0.15, 0.2) is 0 Å². The fraction of sp³-hybridized carbons (Fsp3) is 0.316. The molecule has 4 nitrogen and oxygen atoms in total. The van der Waals surface area contributed by atoms with Crippen molar-refractivity contribution in [3.8, 4) is 0 Å². The van der Waals surface area contributed by atoms with Crippen LogP contribution in [0.15, 0.2) is 54.7 Å². The molecule has 2 N–H and O–H groups in total. The van der Waals surface area contributed by atoms with Gasteiger partial charge in [-0.1, -0.05) is 30.3 Å². The molecule has 1 aliphatic heterocycles. The average Bonchev–Trinajstić information content (AvgIpc) is 3.05. The maximum Gasteiger partial charge on any atom is 0.0670 e. The number of aromatic nitrogens is 2. The Bertz CT molecular complexity index is 757. The van der Waals surface area contributed by atoms with Crippen LogP contribution in [-0.4, -0.2) is 34.2 Å². The van der Waals surface area contributed by atoms with Gasteiger partial charge in [-0.05, 0) is 36.6 Å². The minimum atomic E-state index is 0.558. The molecular formula is C19H22N4. The second-order valence-electron chi connectivity index (χ2n) is 6.35. The molecule has 23 heavy (non-hydrogen) atoms. The molecule has 4 heteroatoms. The third-order valence-corrected chi connectivity index (χ3v) is 4.65. The van der Waals surface area contributed by atoms with Crippen LogP contribution in [0.2, 0.25) is 0 Å². The number of hydrogen-bond donors (Lipinski definition) is 2. The topological polar surface area (TPSA) is 44.0 Å². The van der Waals surface area contributed by atoms with E-state index in [0.29, 0.717) is 6.04 Å². The molecule has 118 valence electrons. The minimum Gasteiger partial charge on any atom is -0.382 e. The Balaban J connectivity index is 1.32. The number of H-pyrrole nitrogens is 1. The number of nitrogens with one attached hydrogen (secondary N) is 2. The number of benzene rings is 2. The van der Waals surface area contributed by atoms with Crippen LogP contribution in [0.3, 0.4) is 0 Å². The summed E-state index contributed by atoms with van der Waals surface area (Å²) in [7, 11) is 0. The quantitative estimate of drug-likeness (QED) is 0.773. The highest BCUT2D eigenvalue weighted by Crippen LogP contribution is 2.21. The van der Waals surface area contributed by atoms with Crippen molar-refractivity contribution in [2.24, 2.45) is 0 Å². The van der Waals surface area contributed by atoms with Crippen molar-refractivity contribution >= 4 is 16.6 Å². The van der Waals surface area contributed by atoms with Crippen LogP contribution in [0.5, 0.6) is 0 Å². The van der Waals surface area contributed by atoms with Crippen molar-refractivity contribution in [2.45, 2.75) is 25.4 Å². The molecule has 0 atom stereocenters. The second kappa shape index (κ2) is 6.42. The first-order valence-corrected chi connectivity index (χ1v) is 8.33. The summed E-state index contributed by atoms with van der Waals surface area (Å²) in [5.41, 5.74) is 3.68. The van der Waals surface area contributed by atoms with E-state index in [0.717, 1.165) is 30.5 Å². The molecular weight excluding hydrogens is 284 g/mol. The zero-order valence-electron chi connectivity index (χ0n) is 13.2. The van der Waals surface area contributed by atoms with Gasteiger partial charge in [-0.15, -0.1) is 0 Å². The van der Waals surface area contributed by atoms with Gasteiger partial charge in [-0.3, -0.25) is 10.00 Å². The summed E-state index contributed by atoms with van der Waals surface area (Å²) in [4.78, 5) is 2.55. The molecule has 0 bridgehead atoms. The Hall–Kier alpha value is -2.33. The van der Waals surface area contributed by atoms with Crippen LogP contribution in [0.1, 0.15) is 18.4 Å². The van der Waals surface area contributed by atoms with E-state index in [2.05, 4.69) is 68.9 Å². The van der Waals surface area contributed by atoms with Gasteiger partial charge >= 0.3 is 0 Å². The van der Waals surface area contributed by atoms with Gasteiger partial charge in [-0.25, -0.2) is 0 Å². The van der Waals surface area contributed by atoms with E-state index < -0.39 is 0 Å². The summed E-state index contributed by atoms with van der Waals surface area (Å²) < 4.78 is 0. The number of fused-ring (bicyclic) bond motifs is 1. The fourth-order valence-electron chi connectivity index (χ4n) is 3.34. The van der Waals surface area contributed by atoms with E-state index >= 15 is 0 Å². The van der Waals surface area contributed by atoms with Gasteiger partial charge in [0.1, 0.15) is 0 Å². The Labute approximate surface area is 136 Å². The summed E-state index contributed by atoms with van der Waals surface area (Å²) in [6.07, 6.45) is 4.24. The number of piperidine rings is 1. The number of hydrogen-bond acceptors (Lipinski definition) is 3. The molecule has 1 aliphatic rings. The highest BCUT2D eigenvalue weighted by atomic mass is 15.1.